The van der Waals surface area contributed by atoms with Crippen LogP contribution in [0.15, 0.2) is 48.5 Å². The molecule has 2 unspecified atom stereocenters. The molecule has 3 heteroatoms. The van der Waals surface area contributed by atoms with Gasteiger partial charge in [-0.25, -0.2) is 0 Å². The van der Waals surface area contributed by atoms with Crippen molar-refractivity contribution in [2.45, 2.75) is 25.5 Å². The van der Waals surface area contributed by atoms with Gasteiger partial charge < -0.3 is 15.2 Å². The monoisotopic (exact) mass is 283 g/mol. The Morgan fingerprint density at radius 2 is 2.10 bits per heavy atom. The fourth-order valence-corrected chi connectivity index (χ4v) is 2.97. The second-order valence-corrected chi connectivity index (χ2v) is 5.33. The van der Waals surface area contributed by atoms with E-state index < -0.39 is 6.10 Å². The Hall–Kier alpha value is -1.84. The smallest absolute Gasteiger partial charge is 0.119 e. The van der Waals surface area contributed by atoms with Crippen LogP contribution in [0.5, 0.6) is 5.75 Å². The van der Waals surface area contributed by atoms with Crippen LogP contribution in [0.25, 0.3) is 0 Å². The first-order valence-electron chi connectivity index (χ1n) is 7.51. The largest absolute Gasteiger partial charge is 0.494 e. The second-order valence-electron chi connectivity index (χ2n) is 5.33. The van der Waals surface area contributed by atoms with Gasteiger partial charge in [0.15, 0.2) is 0 Å². The zero-order valence-electron chi connectivity index (χ0n) is 12.3. The van der Waals surface area contributed by atoms with Crippen LogP contribution in [0, 0.1) is 0 Å². The van der Waals surface area contributed by atoms with Gasteiger partial charge in [0.2, 0.25) is 0 Å². The lowest BCUT2D eigenvalue weighted by molar-refractivity contribution is 0.125. The number of benzene rings is 2. The summed E-state index contributed by atoms with van der Waals surface area (Å²) in [5.41, 5.74) is 3.40. The summed E-state index contributed by atoms with van der Waals surface area (Å²) in [4.78, 5) is 0. The van der Waals surface area contributed by atoms with Crippen molar-refractivity contribution in [1.82, 2.24) is 5.32 Å². The molecule has 2 atom stereocenters. The molecule has 0 aromatic heterocycles. The van der Waals surface area contributed by atoms with Crippen molar-refractivity contribution in [2.24, 2.45) is 0 Å². The maximum absolute atomic E-state index is 10.8. The predicted molar refractivity (Wildman–Crippen MR) is 83.5 cm³/mol. The zero-order chi connectivity index (χ0) is 14.7. The first-order valence-corrected chi connectivity index (χ1v) is 7.51. The first kappa shape index (κ1) is 14.1. The van der Waals surface area contributed by atoms with Gasteiger partial charge in [-0.1, -0.05) is 36.4 Å². The molecule has 0 radical (unpaired) electrons. The SMILES string of the molecule is CCOc1cccc(C(O)C2NCCc3ccccc32)c1. The third-order valence-corrected chi connectivity index (χ3v) is 3.98. The Balaban J connectivity index is 1.89. The lowest BCUT2D eigenvalue weighted by atomic mass is 9.88. The van der Waals surface area contributed by atoms with Gasteiger partial charge in [0, 0.05) is 0 Å². The van der Waals surface area contributed by atoms with Gasteiger partial charge in [-0.05, 0) is 48.7 Å². The molecule has 1 aliphatic heterocycles. The topological polar surface area (TPSA) is 41.5 Å². The fourth-order valence-electron chi connectivity index (χ4n) is 2.97. The normalized spacial score (nSPS) is 18.9. The predicted octanol–water partition coefficient (Wildman–Crippen LogP) is 3.01. The fraction of sp³-hybridized carbons (Fsp3) is 0.333. The molecule has 1 heterocycles. The standard InChI is InChI=1S/C18H21NO2/c1-2-21-15-8-5-7-14(12-15)18(20)17-16-9-4-3-6-13(16)10-11-19-17/h3-9,12,17-20H,2,10-11H2,1H3. The minimum atomic E-state index is -0.577. The van der Waals surface area contributed by atoms with Gasteiger partial charge in [-0.15, -0.1) is 0 Å². The van der Waals surface area contributed by atoms with Crippen molar-refractivity contribution in [2.75, 3.05) is 13.2 Å². The highest BCUT2D eigenvalue weighted by atomic mass is 16.5. The highest BCUT2D eigenvalue weighted by Gasteiger charge is 2.27. The number of fused-ring (bicyclic) bond motifs is 1. The molecule has 110 valence electrons. The Labute approximate surface area is 125 Å². The van der Waals surface area contributed by atoms with Gasteiger partial charge in [0.1, 0.15) is 5.75 Å². The third-order valence-electron chi connectivity index (χ3n) is 3.98. The van der Waals surface area contributed by atoms with Gasteiger partial charge in [-0.2, -0.15) is 0 Å². The molecule has 3 rings (SSSR count). The van der Waals surface area contributed by atoms with Crippen LogP contribution in [-0.2, 0) is 6.42 Å². The van der Waals surface area contributed by atoms with Crippen molar-refractivity contribution in [3.63, 3.8) is 0 Å². The number of ether oxygens (including phenoxy) is 1. The summed E-state index contributed by atoms with van der Waals surface area (Å²) < 4.78 is 5.52. The summed E-state index contributed by atoms with van der Waals surface area (Å²) >= 11 is 0. The number of aliphatic hydroxyl groups is 1. The van der Waals surface area contributed by atoms with Crippen LogP contribution < -0.4 is 10.1 Å². The molecular weight excluding hydrogens is 262 g/mol. The van der Waals surface area contributed by atoms with E-state index in [1.807, 2.05) is 37.3 Å². The molecule has 2 aromatic rings. The van der Waals surface area contributed by atoms with E-state index in [0.29, 0.717) is 6.61 Å². The lowest BCUT2D eigenvalue weighted by Crippen LogP contribution is -2.33. The highest BCUT2D eigenvalue weighted by Crippen LogP contribution is 2.34. The average molecular weight is 283 g/mol. The Morgan fingerprint density at radius 1 is 1.24 bits per heavy atom. The molecule has 0 saturated carbocycles. The summed E-state index contributed by atoms with van der Waals surface area (Å²) in [5, 5.41) is 14.2. The summed E-state index contributed by atoms with van der Waals surface area (Å²) in [6.07, 6.45) is 0.435. The first-order chi connectivity index (χ1) is 10.3. The van der Waals surface area contributed by atoms with E-state index in [0.717, 1.165) is 24.3 Å². The maximum Gasteiger partial charge on any atom is 0.119 e. The molecule has 0 fully saturated rings. The molecule has 2 aromatic carbocycles. The van der Waals surface area contributed by atoms with E-state index in [1.165, 1.54) is 11.1 Å². The Morgan fingerprint density at radius 3 is 2.95 bits per heavy atom. The molecule has 21 heavy (non-hydrogen) atoms. The van der Waals surface area contributed by atoms with E-state index >= 15 is 0 Å². The summed E-state index contributed by atoms with van der Waals surface area (Å²) in [6, 6.07) is 16.0. The van der Waals surface area contributed by atoms with Crippen molar-refractivity contribution in [3.8, 4) is 5.75 Å². The van der Waals surface area contributed by atoms with E-state index in [2.05, 4.69) is 23.5 Å². The van der Waals surface area contributed by atoms with Crippen LogP contribution in [0.3, 0.4) is 0 Å². The van der Waals surface area contributed by atoms with Gasteiger partial charge >= 0.3 is 0 Å². The molecular formula is C18H21NO2. The number of hydrogen-bond acceptors (Lipinski definition) is 3. The number of aliphatic hydroxyl groups excluding tert-OH is 1. The molecule has 0 bridgehead atoms. The second kappa shape index (κ2) is 6.29. The van der Waals surface area contributed by atoms with Crippen molar-refractivity contribution in [3.05, 3.63) is 65.2 Å². The molecule has 1 aliphatic rings. The molecule has 2 N–H and O–H groups in total. The Bertz CT molecular complexity index is 612. The zero-order valence-corrected chi connectivity index (χ0v) is 12.3. The van der Waals surface area contributed by atoms with E-state index in [4.69, 9.17) is 4.74 Å². The molecule has 0 amide bonds. The maximum atomic E-state index is 10.8. The number of rotatable bonds is 4. The van der Waals surface area contributed by atoms with Gasteiger partial charge in [0.05, 0.1) is 18.8 Å². The van der Waals surface area contributed by atoms with E-state index in [1.54, 1.807) is 0 Å². The minimum absolute atomic E-state index is 0.0631. The summed E-state index contributed by atoms with van der Waals surface area (Å²) in [7, 11) is 0. The minimum Gasteiger partial charge on any atom is -0.494 e. The van der Waals surface area contributed by atoms with Crippen LogP contribution in [-0.4, -0.2) is 18.3 Å². The van der Waals surface area contributed by atoms with Crippen molar-refractivity contribution in [1.29, 1.82) is 0 Å². The van der Waals surface area contributed by atoms with E-state index in [-0.39, 0.29) is 6.04 Å². The number of nitrogens with one attached hydrogen (secondary N) is 1. The van der Waals surface area contributed by atoms with Crippen LogP contribution >= 0.6 is 0 Å². The van der Waals surface area contributed by atoms with Gasteiger partial charge in [-0.3, -0.25) is 0 Å². The van der Waals surface area contributed by atoms with Crippen molar-refractivity contribution < 1.29 is 9.84 Å². The van der Waals surface area contributed by atoms with Crippen LogP contribution in [0.2, 0.25) is 0 Å². The van der Waals surface area contributed by atoms with Crippen molar-refractivity contribution >= 4 is 0 Å². The van der Waals surface area contributed by atoms with Gasteiger partial charge in [0.25, 0.3) is 0 Å². The average Bonchev–Trinajstić information content (AvgIpc) is 2.54. The molecule has 0 spiro atoms. The quantitative estimate of drug-likeness (QED) is 0.906. The lowest BCUT2D eigenvalue weighted by Gasteiger charge is -2.31. The number of hydrogen-bond donors (Lipinski definition) is 2. The third kappa shape index (κ3) is 2.94. The van der Waals surface area contributed by atoms with Crippen LogP contribution in [0.1, 0.15) is 35.8 Å². The summed E-state index contributed by atoms with van der Waals surface area (Å²) in [6.45, 7) is 3.48. The Kier molecular flexibility index (Phi) is 4.23. The highest BCUT2D eigenvalue weighted by molar-refractivity contribution is 5.37. The molecule has 0 saturated heterocycles. The molecule has 3 nitrogen and oxygen atoms in total. The summed E-state index contributed by atoms with van der Waals surface area (Å²) in [5.74, 6) is 0.804. The van der Waals surface area contributed by atoms with Crippen LogP contribution in [0.4, 0.5) is 0 Å². The molecule has 0 aliphatic carbocycles. The van der Waals surface area contributed by atoms with E-state index in [9.17, 15) is 5.11 Å².